The molecule has 0 spiro atoms. The smallest absolute Gasteiger partial charge is 0.322 e. The van der Waals surface area contributed by atoms with Gasteiger partial charge in [-0.2, -0.15) is 0 Å². The lowest BCUT2D eigenvalue weighted by Crippen LogP contribution is -2.48. The molecule has 2 aliphatic rings. The number of carboxylic acids is 1. The minimum Gasteiger partial charge on any atom is -0.480 e. The molecule has 4 heteroatoms. The SMILES string of the molecule is CC(C)NC(CN1CC2CCCC2C1)C(=O)O. The van der Waals surface area contributed by atoms with E-state index in [2.05, 4.69) is 10.2 Å². The number of carboxylic acid groups (broad SMARTS) is 1. The fraction of sp³-hybridized carbons (Fsp3) is 0.923. The summed E-state index contributed by atoms with van der Waals surface area (Å²) in [6, 6.07) is -0.202. The fourth-order valence-corrected chi connectivity index (χ4v) is 3.34. The lowest BCUT2D eigenvalue weighted by molar-refractivity contribution is -0.140. The van der Waals surface area contributed by atoms with Crippen LogP contribution in [-0.4, -0.2) is 47.7 Å². The highest BCUT2D eigenvalue weighted by Crippen LogP contribution is 2.37. The lowest BCUT2D eigenvalue weighted by Gasteiger charge is -2.24. The van der Waals surface area contributed by atoms with Crippen molar-refractivity contribution in [2.75, 3.05) is 19.6 Å². The van der Waals surface area contributed by atoms with Crippen molar-refractivity contribution in [3.63, 3.8) is 0 Å². The first kappa shape index (κ1) is 12.8. The number of carbonyl (C=O) groups is 1. The minimum atomic E-state index is -0.726. The highest BCUT2D eigenvalue weighted by atomic mass is 16.4. The predicted octanol–water partition coefficient (Wildman–Crippen LogP) is 1.17. The van der Waals surface area contributed by atoms with Crippen molar-refractivity contribution in [1.82, 2.24) is 10.2 Å². The summed E-state index contributed by atoms with van der Waals surface area (Å²) in [6.07, 6.45) is 4.06. The molecule has 2 N–H and O–H groups in total. The third-order valence-corrected chi connectivity index (χ3v) is 4.08. The van der Waals surface area contributed by atoms with E-state index in [-0.39, 0.29) is 6.04 Å². The van der Waals surface area contributed by atoms with Gasteiger partial charge in [0.2, 0.25) is 0 Å². The second-order valence-electron chi connectivity index (χ2n) is 5.88. The van der Waals surface area contributed by atoms with Gasteiger partial charge >= 0.3 is 5.97 Å². The Kier molecular flexibility index (Phi) is 4.05. The minimum absolute atomic E-state index is 0.221. The maximum Gasteiger partial charge on any atom is 0.322 e. The Labute approximate surface area is 103 Å². The summed E-state index contributed by atoms with van der Waals surface area (Å²) in [5.74, 6) is 0.947. The van der Waals surface area contributed by atoms with E-state index in [1.165, 1.54) is 19.3 Å². The lowest BCUT2D eigenvalue weighted by atomic mass is 10.0. The van der Waals surface area contributed by atoms with E-state index < -0.39 is 12.0 Å². The van der Waals surface area contributed by atoms with Crippen LogP contribution in [0.3, 0.4) is 0 Å². The van der Waals surface area contributed by atoms with Gasteiger partial charge in [0.25, 0.3) is 0 Å². The van der Waals surface area contributed by atoms with Crippen LogP contribution in [0.4, 0.5) is 0 Å². The third kappa shape index (κ3) is 3.19. The first-order valence-corrected chi connectivity index (χ1v) is 6.77. The maximum absolute atomic E-state index is 11.2. The van der Waals surface area contributed by atoms with E-state index >= 15 is 0 Å². The summed E-state index contributed by atoms with van der Waals surface area (Å²) >= 11 is 0. The predicted molar refractivity (Wildman–Crippen MR) is 67.0 cm³/mol. The molecule has 17 heavy (non-hydrogen) atoms. The van der Waals surface area contributed by atoms with E-state index in [0.29, 0.717) is 6.54 Å². The van der Waals surface area contributed by atoms with Gasteiger partial charge in [-0.05, 0) is 24.7 Å². The first-order valence-electron chi connectivity index (χ1n) is 6.77. The third-order valence-electron chi connectivity index (χ3n) is 4.08. The molecule has 1 aliphatic carbocycles. The van der Waals surface area contributed by atoms with Gasteiger partial charge in [0.15, 0.2) is 0 Å². The first-order chi connectivity index (χ1) is 8.06. The summed E-state index contributed by atoms with van der Waals surface area (Å²) in [7, 11) is 0. The van der Waals surface area contributed by atoms with E-state index in [9.17, 15) is 9.90 Å². The molecule has 2 fully saturated rings. The number of hydrogen-bond donors (Lipinski definition) is 2. The zero-order chi connectivity index (χ0) is 12.4. The summed E-state index contributed by atoms with van der Waals surface area (Å²) in [5, 5.41) is 12.3. The van der Waals surface area contributed by atoms with Crippen LogP contribution < -0.4 is 5.32 Å². The van der Waals surface area contributed by atoms with Crippen molar-refractivity contribution in [2.24, 2.45) is 11.8 Å². The number of hydrogen-bond acceptors (Lipinski definition) is 3. The molecule has 0 amide bonds. The Morgan fingerprint density at radius 3 is 2.41 bits per heavy atom. The maximum atomic E-state index is 11.2. The zero-order valence-electron chi connectivity index (χ0n) is 10.9. The second kappa shape index (κ2) is 5.36. The monoisotopic (exact) mass is 240 g/mol. The van der Waals surface area contributed by atoms with Gasteiger partial charge in [0.1, 0.15) is 6.04 Å². The Hall–Kier alpha value is -0.610. The van der Waals surface area contributed by atoms with Crippen LogP contribution >= 0.6 is 0 Å². The quantitative estimate of drug-likeness (QED) is 0.757. The van der Waals surface area contributed by atoms with Crippen LogP contribution in [0, 0.1) is 11.8 Å². The highest BCUT2D eigenvalue weighted by Gasteiger charge is 2.37. The van der Waals surface area contributed by atoms with Gasteiger partial charge in [-0.3, -0.25) is 4.79 Å². The molecule has 0 aromatic rings. The Morgan fingerprint density at radius 1 is 1.35 bits per heavy atom. The molecule has 3 atom stereocenters. The van der Waals surface area contributed by atoms with Gasteiger partial charge in [0.05, 0.1) is 0 Å². The average Bonchev–Trinajstić information content (AvgIpc) is 2.75. The molecule has 1 aliphatic heterocycles. The summed E-state index contributed by atoms with van der Waals surface area (Å²) in [4.78, 5) is 13.5. The Bertz CT molecular complexity index is 269. The number of fused-ring (bicyclic) bond motifs is 1. The number of aliphatic carboxylic acids is 1. The van der Waals surface area contributed by atoms with E-state index in [4.69, 9.17) is 0 Å². The Balaban J connectivity index is 1.84. The van der Waals surface area contributed by atoms with E-state index in [0.717, 1.165) is 24.9 Å². The van der Waals surface area contributed by atoms with Crippen molar-refractivity contribution >= 4 is 5.97 Å². The van der Waals surface area contributed by atoms with Crippen molar-refractivity contribution in [1.29, 1.82) is 0 Å². The molecule has 0 radical (unpaired) electrons. The number of likely N-dealkylation sites (tertiary alicyclic amines) is 1. The number of rotatable bonds is 5. The molecule has 4 nitrogen and oxygen atoms in total. The molecule has 0 aromatic carbocycles. The van der Waals surface area contributed by atoms with Crippen molar-refractivity contribution < 1.29 is 9.90 Å². The number of nitrogens with one attached hydrogen (secondary N) is 1. The second-order valence-corrected chi connectivity index (χ2v) is 5.88. The van der Waals surface area contributed by atoms with Crippen LogP contribution in [0.15, 0.2) is 0 Å². The van der Waals surface area contributed by atoms with Crippen LogP contribution in [0.2, 0.25) is 0 Å². The average molecular weight is 240 g/mol. The van der Waals surface area contributed by atoms with E-state index in [1.807, 2.05) is 13.8 Å². The zero-order valence-corrected chi connectivity index (χ0v) is 10.9. The van der Waals surface area contributed by atoms with Crippen molar-refractivity contribution in [2.45, 2.75) is 45.2 Å². The van der Waals surface area contributed by atoms with Gasteiger partial charge in [0, 0.05) is 25.7 Å². The molecular weight excluding hydrogens is 216 g/mol. The van der Waals surface area contributed by atoms with Gasteiger partial charge in [-0.15, -0.1) is 0 Å². The molecule has 3 unspecified atom stereocenters. The molecule has 98 valence electrons. The Morgan fingerprint density at radius 2 is 1.94 bits per heavy atom. The standard InChI is InChI=1S/C13H24N2O2/c1-9(2)14-12(13(16)17)8-15-6-10-4-3-5-11(10)7-15/h9-12,14H,3-8H2,1-2H3,(H,16,17). The largest absolute Gasteiger partial charge is 0.480 e. The van der Waals surface area contributed by atoms with Crippen molar-refractivity contribution in [3.8, 4) is 0 Å². The van der Waals surface area contributed by atoms with E-state index in [1.54, 1.807) is 0 Å². The normalized spacial score (nSPS) is 30.8. The van der Waals surface area contributed by atoms with Crippen LogP contribution in [0.5, 0.6) is 0 Å². The van der Waals surface area contributed by atoms with Crippen LogP contribution in [0.25, 0.3) is 0 Å². The summed E-state index contributed by atoms with van der Waals surface area (Å²) < 4.78 is 0. The van der Waals surface area contributed by atoms with Crippen LogP contribution in [-0.2, 0) is 4.79 Å². The summed E-state index contributed by atoms with van der Waals surface area (Å²) in [5.41, 5.74) is 0. The molecule has 0 aromatic heterocycles. The van der Waals surface area contributed by atoms with Gasteiger partial charge < -0.3 is 15.3 Å². The van der Waals surface area contributed by atoms with Gasteiger partial charge in [-0.25, -0.2) is 0 Å². The topological polar surface area (TPSA) is 52.6 Å². The molecular formula is C13H24N2O2. The molecule has 1 saturated carbocycles. The number of nitrogens with zero attached hydrogens (tertiary/aromatic N) is 1. The highest BCUT2D eigenvalue weighted by molar-refractivity contribution is 5.73. The van der Waals surface area contributed by atoms with Gasteiger partial charge in [-0.1, -0.05) is 20.3 Å². The molecule has 1 saturated heterocycles. The molecule has 1 heterocycles. The fourth-order valence-electron chi connectivity index (χ4n) is 3.34. The van der Waals surface area contributed by atoms with Crippen LogP contribution in [0.1, 0.15) is 33.1 Å². The summed E-state index contributed by atoms with van der Waals surface area (Å²) in [6.45, 7) is 6.85. The molecule has 0 bridgehead atoms. The molecule has 2 rings (SSSR count). The van der Waals surface area contributed by atoms with Crippen molar-refractivity contribution in [3.05, 3.63) is 0 Å².